The number of likely N-dealkylation sites (N-methyl/N-ethyl adjacent to an activating group) is 1. The van der Waals surface area contributed by atoms with Gasteiger partial charge < -0.3 is 5.11 Å². The van der Waals surface area contributed by atoms with Gasteiger partial charge in [-0.3, -0.25) is 9.69 Å². The fourth-order valence-electron chi connectivity index (χ4n) is 1.88. The Hall–Kier alpha value is -2.57. The second-order valence-electron chi connectivity index (χ2n) is 5.90. The molecule has 24 heavy (non-hydrogen) atoms. The Balaban J connectivity index is 2.41. The molecule has 0 fully saturated rings. The number of carboxylic acid groups (broad SMARTS) is 1. The SMILES string of the molecule is [2H]c1c([2H])c([2H])c2c(CN(C)C/C=C/C#CC(C)(C)C(=O)O)c([2H])c([2H])c([2H])c2c1[2H]. The predicted octanol–water partition coefficient (Wildman–Crippen LogP) is 3.94. The minimum atomic E-state index is -1.17. The lowest BCUT2D eigenvalue weighted by Gasteiger charge is -2.16. The first-order valence-corrected chi connectivity index (χ1v) is 7.39. The van der Waals surface area contributed by atoms with E-state index in [1.807, 2.05) is 0 Å². The van der Waals surface area contributed by atoms with E-state index >= 15 is 0 Å². The van der Waals surface area contributed by atoms with Crippen molar-refractivity contribution in [2.75, 3.05) is 13.6 Å². The second kappa shape index (κ2) is 7.81. The van der Waals surface area contributed by atoms with Crippen molar-refractivity contribution < 1.29 is 19.5 Å². The van der Waals surface area contributed by atoms with Gasteiger partial charge in [-0.15, -0.1) is 0 Å². The lowest BCUT2D eigenvalue weighted by Crippen LogP contribution is -2.21. The topological polar surface area (TPSA) is 40.5 Å². The molecule has 0 aliphatic heterocycles. The Morgan fingerprint density at radius 1 is 1.29 bits per heavy atom. The van der Waals surface area contributed by atoms with Crippen LogP contribution in [-0.2, 0) is 11.3 Å². The van der Waals surface area contributed by atoms with Gasteiger partial charge in [0.2, 0.25) is 0 Å². The van der Waals surface area contributed by atoms with Crippen molar-refractivity contribution in [1.29, 1.82) is 0 Å². The molecule has 0 saturated carbocycles. The summed E-state index contributed by atoms with van der Waals surface area (Å²) < 4.78 is 56.6. The third-order valence-corrected chi connectivity index (χ3v) is 3.36. The molecule has 0 atom stereocenters. The van der Waals surface area contributed by atoms with Gasteiger partial charge >= 0.3 is 5.97 Å². The average Bonchev–Trinajstić information content (AvgIpc) is 2.70. The van der Waals surface area contributed by atoms with Gasteiger partial charge in [0.15, 0.2) is 0 Å². The normalized spacial score (nSPS) is 15.8. The summed E-state index contributed by atoms with van der Waals surface area (Å²) in [5.74, 6) is 4.30. The molecule has 0 bridgehead atoms. The van der Waals surface area contributed by atoms with Crippen LogP contribution in [0.2, 0.25) is 0 Å². The van der Waals surface area contributed by atoms with Crippen molar-refractivity contribution in [1.82, 2.24) is 4.90 Å². The maximum Gasteiger partial charge on any atom is 0.321 e. The number of fused-ring (bicyclic) bond motifs is 1. The molecule has 0 heterocycles. The highest BCUT2D eigenvalue weighted by molar-refractivity contribution is 5.85. The quantitative estimate of drug-likeness (QED) is 0.845. The summed E-state index contributed by atoms with van der Waals surface area (Å²) >= 11 is 0. The number of allylic oxidation sites excluding steroid dienone is 1. The van der Waals surface area contributed by atoms with Gasteiger partial charge in [0, 0.05) is 13.1 Å². The first kappa shape index (κ1) is 10.3. The third kappa shape index (κ3) is 4.71. The van der Waals surface area contributed by atoms with E-state index in [0.717, 1.165) is 0 Å². The minimum absolute atomic E-state index is 0.0623. The molecule has 0 aromatic heterocycles. The molecule has 2 aromatic carbocycles. The van der Waals surface area contributed by atoms with Crippen molar-refractivity contribution in [2.24, 2.45) is 5.41 Å². The molecule has 0 aliphatic rings. The largest absolute Gasteiger partial charge is 0.480 e. The molecule has 0 saturated heterocycles. The summed E-state index contributed by atoms with van der Waals surface area (Å²) in [7, 11) is 1.73. The number of rotatable bonds is 5. The monoisotopic (exact) mass is 328 g/mol. The number of carbonyl (C=O) groups is 1. The van der Waals surface area contributed by atoms with Gasteiger partial charge in [0.1, 0.15) is 5.41 Å². The highest BCUT2D eigenvalue weighted by atomic mass is 16.4. The summed E-state index contributed by atoms with van der Waals surface area (Å²) in [6.07, 6.45) is 3.22. The fraction of sp³-hybridized carbons (Fsp3) is 0.286. The van der Waals surface area contributed by atoms with Gasteiger partial charge in [-0.1, -0.05) is 60.2 Å². The zero-order valence-electron chi connectivity index (χ0n) is 20.9. The molecule has 0 amide bonds. The molecule has 2 rings (SSSR count). The standard InChI is InChI=1S/C21H23NO2/c1-21(2,20(23)24)14-7-4-8-15-22(3)16-18-12-9-11-17-10-5-6-13-19(17)18/h4-6,8-13H,15-16H2,1-3H3,(H,23,24)/b8-4+/i5D,6D,9D,10D,11D,12D,13D. The molecule has 124 valence electrons. The van der Waals surface area contributed by atoms with Crippen LogP contribution in [0.1, 0.15) is 29.0 Å². The van der Waals surface area contributed by atoms with Crippen LogP contribution in [0.5, 0.6) is 0 Å². The number of nitrogens with zero attached hydrogens (tertiary/aromatic N) is 1. The van der Waals surface area contributed by atoms with Crippen LogP contribution >= 0.6 is 0 Å². The Morgan fingerprint density at radius 2 is 2.00 bits per heavy atom. The Bertz CT molecular complexity index is 1140. The summed E-state index contributed by atoms with van der Waals surface area (Å²) in [5.41, 5.74) is -0.918. The van der Waals surface area contributed by atoms with Crippen LogP contribution in [-0.4, -0.2) is 29.6 Å². The highest BCUT2D eigenvalue weighted by Gasteiger charge is 2.23. The number of benzene rings is 2. The van der Waals surface area contributed by atoms with E-state index in [9.17, 15) is 4.79 Å². The zero-order chi connectivity index (χ0) is 23.7. The smallest absolute Gasteiger partial charge is 0.321 e. The average molecular weight is 328 g/mol. The van der Waals surface area contributed by atoms with Gasteiger partial charge in [-0.05, 0) is 43.3 Å². The number of aliphatic carboxylic acids is 1. The van der Waals surface area contributed by atoms with Crippen molar-refractivity contribution in [3.05, 3.63) is 60.0 Å². The Kier molecular flexibility index (Phi) is 3.36. The Labute approximate surface area is 153 Å². The van der Waals surface area contributed by atoms with E-state index in [0.29, 0.717) is 6.54 Å². The van der Waals surface area contributed by atoms with Crippen molar-refractivity contribution >= 4 is 16.7 Å². The molecular weight excluding hydrogens is 298 g/mol. The molecular formula is C21H23NO2. The first-order chi connectivity index (χ1) is 14.3. The van der Waals surface area contributed by atoms with E-state index in [2.05, 4.69) is 11.8 Å². The summed E-state index contributed by atoms with van der Waals surface area (Å²) in [5, 5.41) is 9.07. The third-order valence-electron chi connectivity index (χ3n) is 3.36. The van der Waals surface area contributed by atoms with Crippen molar-refractivity contribution in [3.8, 4) is 11.8 Å². The maximum absolute atomic E-state index is 11.0. The van der Waals surface area contributed by atoms with E-state index in [-0.39, 0.29) is 35.0 Å². The summed E-state index contributed by atoms with van der Waals surface area (Å²) in [6, 6.07) is -2.69. The number of carboxylic acids is 1. The zero-order valence-corrected chi connectivity index (χ0v) is 13.9. The molecule has 0 aliphatic carbocycles. The van der Waals surface area contributed by atoms with E-state index in [1.165, 1.54) is 19.9 Å². The van der Waals surface area contributed by atoms with E-state index in [1.54, 1.807) is 18.0 Å². The van der Waals surface area contributed by atoms with E-state index in [4.69, 9.17) is 14.7 Å². The van der Waals surface area contributed by atoms with Gasteiger partial charge in [0.05, 0.1) is 9.60 Å². The Morgan fingerprint density at radius 3 is 2.75 bits per heavy atom. The molecule has 0 unspecified atom stereocenters. The summed E-state index contributed by atoms with van der Waals surface area (Å²) in [6.45, 7) is 3.48. The van der Waals surface area contributed by atoms with Gasteiger partial charge in [-0.2, -0.15) is 0 Å². The minimum Gasteiger partial charge on any atom is -0.480 e. The van der Waals surface area contributed by atoms with Gasteiger partial charge in [0.25, 0.3) is 0 Å². The molecule has 0 radical (unpaired) electrons. The molecule has 3 heteroatoms. The first-order valence-electron chi connectivity index (χ1n) is 10.9. The fourth-order valence-corrected chi connectivity index (χ4v) is 1.88. The number of hydrogen-bond acceptors (Lipinski definition) is 2. The van der Waals surface area contributed by atoms with Crippen LogP contribution in [0.15, 0.2) is 54.4 Å². The maximum atomic E-state index is 11.0. The van der Waals surface area contributed by atoms with Crippen LogP contribution < -0.4 is 0 Å². The van der Waals surface area contributed by atoms with Crippen LogP contribution in [0.4, 0.5) is 0 Å². The van der Waals surface area contributed by atoms with Crippen LogP contribution in [0.25, 0.3) is 10.8 Å². The molecule has 0 spiro atoms. The molecule has 3 nitrogen and oxygen atoms in total. The van der Waals surface area contributed by atoms with Crippen molar-refractivity contribution in [3.63, 3.8) is 0 Å². The number of hydrogen-bond donors (Lipinski definition) is 1. The van der Waals surface area contributed by atoms with Gasteiger partial charge in [-0.25, -0.2) is 0 Å². The molecule has 1 N–H and O–H groups in total. The highest BCUT2D eigenvalue weighted by Crippen LogP contribution is 2.19. The molecule has 2 aromatic rings. The van der Waals surface area contributed by atoms with E-state index < -0.39 is 41.6 Å². The van der Waals surface area contributed by atoms with Crippen LogP contribution in [0.3, 0.4) is 0 Å². The summed E-state index contributed by atoms with van der Waals surface area (Å²) in [4.78, 5) is 12.8. The predicted molar refractivity (Wildman–Crippen MR) is 98.6 cm³/mol. The lowest BCUT2D eigenvalue weighted by molar-refractivity contribution is -0.143. The second-order valence-corrected chi connectivity index (χ2v) is 5.90. The lowest BCUT2D eigenvalue weighted by atomic mass is 9.95. The van der Waals surface area contributed by atoms with Crippen LogP contribution in [0, 0.1) is 17.3 Å². The van der Waals surface area contributed by atoms with Crippen molar-refractivity contribution in [2.45, 2.75) is 20.4 Å².